The van der Waals surface area contributed by atoms with Crippen LogP contribution < -0.4 is 19.5 Å². The second-order valence-electron chi connectivity index (χ2n) is 7.70. The van der Waals surface area contributed by atoms with Gasteiger partial charge in [-0.25, -0.2) is 0 Å². The van der Waals surface area contributed by atoms with E-state index in [1.165, 1.54) is 28.7 Å². The molecule has 1 aromatic heterocycles. The number of hydrogen-bond donors (Lipinski definition) is 0. The second kappa shape index (κ2) is 9.18. The predicted molar refractivity (Wildman–Crippen MR) is 113 cm³/mol. The van der Waals surface area contributed by atoms with Gasteiger partial charge in [0.25, 0.3) is 5.56 Å². The Labute approximate surface area is 164 Å². The summed E-state index contributed by atoms with van der Waals surface area (Å²) in [6.45, 7) is 8.51. The monoisotopic (exact) mass is 387 g/mol. The van der Waals surface area contributed by atoms with Gasteiger partial charge in [0.05, 0.1) is 11.1 Å². The molecule has 0 bridgehead atoms. The highest BCUT2D eigenvalue weighted by Crippen LogP contribution is 2.15. The van der Waals surface area contributed by atoms with E-state index in [2.05, 4.69) is 6.92 Å². The fourth-order valence-corrected chi connectivity index (χ4v) is 3.42. The van der Waals surface area contributed by atoms with Crippen molar-refractivity contribution in [3.8, 4) is 5.75 Å². The highest BCUT2D eigenvalue weighted by Gasteiger charge is 2.19. The molecule has 146 valence electrons. The Hall–Kier alpha value is -2.14. The number of ketones is 1. The molecule has 2 aromatic rings. The number of nitrogens with zero attached hydrogens (tertiary/aromatic N) is 1. The third-order valence-electron chi connectivity index (χ3n) is 4.25. The number of Topliss-reactive ketones (excluding diaryl/α,β-unsaturated/α-hetero) is 1. The summed E-state index contributed by atoms with van der Waals surface area (Å²) in [6, 6.07) is 7.73. The van der Waals surface area contributed by atoms with E-state index in [1.807, 2.05) is 51.1 Å². The topological polar surface area (TPSA) is 48.3 Å². The lowest BCUT2D eigenvalue weighted by atomic mass is 9.91. The van der Waals surface area contributed by atoms with Crippen LogP contribution in [-0.4, -0.2) is 17.0 Å². The Kier molecular flexibility index (Phi) is 7.19. The van der Waals surface area contributed by atoms with E-state index >= 15 is 0 Å². The van der Waals surface area contributed by atoms with Crippen molar-refractivity contribution in [1.82, 2.24) is 4.57 Å². The molecule has 0 aliphatic heterocycles. The number of carbonyl (C=O) groups excluding carboxylic acids is 1. The minimum absolute atomic E-state index is 0.00970. The summed E-state index contributed by atoms with van der Waals surface area (Å²) in [5, 5.41) is 0. The van der Waals surface area contributed by atoms with Gasteiger partial charge < -0.3 is 9.30 Å². The number of benzene rings is 1. The summed E-state index contributed by atoms with van der Waals surface area (Å²) < 4.78 is 8.53. The number of ether oxygens (including phenoxy) is 1. The van der Waals surface area contributed by atoms with Crippen LogP contribution in [0.4, 0.5) is 0 Å². The first-order chi connectivity index (χ1) is 12.7. The van der Waals surface area contributed by atoms with Crippen molar-refractivity contribution < 1.29 is 9.53 Å². The number of hydrogen-bond acceptors (Lipinski definition) is 4. The summed E-state index contributed by atoms with van der Waals surface area (Å²) in [5.74, 6) is 0.850. The zero-order chi connectivity index (χ0) is 20.0. The molecule has 27 heavy (non-hydrogen) atoms. The molecule has 2 rings (SSSR count). The van der Waals surface area contributed by atoms with Crippen molar-refractivity contribution in [2.24, 2.45) is 12.5 Å². The highest BCUT2D eigenvalue weighted by atomic mass is 32.1. The molecule has 1 aromatic carbocycles. The Morgan fingerprint density at radius 1 is 1.19 bits per heavy atom. The van der Waals surface area contributed by atoms with Gasteiger partial charge in [0.2, 0.25) is 0 Å². The van der Waals surface area contributed by atoms with E-state index < -0.39 is 5.41 Å². The van der Waals surface area contributed by atoms with Crippen molar-refractivity contribution in [3.63, 3.8) is 0 Å². The van der Waals surface area contributed by atoms with Gasteiger partial charge in [-0.05, 0) is 30.2 Å². The summed E-state index contributed by atoms with van der Waals surface area (Å²) in [7, 11) is 1.70. The molecule has 0 aliphatic carbocycles. The molecule has 0 fully saturated rings. The molecule has 0 unspecified atom stereocenters. The van der Waals surface area contributed by atoms with Crippen LogP contribution in [0.2, 0.25) is 0 Å². The van der Waals surface area contributed by atoms with Gasteiger partial charge in [-0.15, -0.1) is 11.3 Å². The first-order valence-electron chi connectivity index (χ1n) is 9.39. The van der Waals surface area contributed by atoms with E-state index in [9.17, 15) is 9.59 Å². The van der Waals surface area contributed by atoms with Crippen molar-refractivity contribution in [3.05, 3.63) is 49.4 Å². The summed E-state index contributed by atoms with van der Waals surface area (Å²) in [6.07, 6.45) is 6.82. The maximum atomic E-state index is 12.5. The number of aromatic nitrogens is 1. The van der Waals surface area contributed by atoms with E-state index in [4.69, 9.17) is 4.74 Å². The van der Waals surface area contributed by atoms with Crippen LogP contribution in [0.1, 0.15) is 52.5 Å². The molecule has 0 saturated carbocycles. The first-order valence-corrected chi connectivity index (χ1v) is 10.2. The average molecular weight is 388 g/mol. The van der Waals surface area contributed by atoms with Gasteiger partial charge in [-0.1, -0.05) is 52.7 Å². The van der Waals surface area contributed by atoms with E-state index in [1.54, 1.807) is 13.1 Å². The van der Waals surface area contributed by atoms with Crippen LogP contribution in [0.3, 0.4) is 0 Å². The number of thiazole rings is 1. The van der Waals surface area contributed by atoms with Crippen LogP contribution in [0.5, 0.6) is 5.75 Å². The van der Waals surface area contributed by atoms with Crippen molar-refractivity contribution in [1.29, 1.82) is 0 Å². The zero-order valence-electron chi connectivity index (χ0n) is 16.9. The Morgan fingerprint density at radius 3 is 2.44 bits per heavy atom. The van der Waals surface area contributed by atoms with E-state index in [-0.39, 0.29) is 11.3 Å². The van der Waals surface area contributed by atoms with Crippen LogP contribution in [0.15, 0.2) is 29.1 Å². The minimum atomic E-state index is -0.461. The first kappa shape index (κ1) is 21.2. The molecule has 1 heterocycles. The zero-order valence-corrected chi connectivity index (χ0v) is 17.7. The Balaban J connectivity index is 2.25. The Bertz CT molecular complexity index is 943. The maximum absolute atomic E-state index is 12.5. The van der Waals surface area contributed by atoms with Gasteiger partial charge in [0.1, 0.15) is 10.4 Å². The lowest BCUT2D eigenvalue weighted by Gasteiger charge is -2.12. The fraction of sp³-hybridized carbons (Fsp3) is 0.455. The smallest absolute Gasteiger partial charge is 0.268 e. The second-order valence-corrected chi connectivity index (χ2v) is 8.76. The summed E-state index contributed by atoms with van der Waals surface area (Å²) in [5.41, 5.74) is 0.382. The van der Waals surface area contributed by atoms with E-state index in [0.29, 0.717) is 9.20 Å². The molecule has 0 amide bonds. The fourth-order valence-electron chi connectivity index (χ4n) is 2.39. The third kappa shape index (κ3) is 5.93. The largest absolute Gasteiger partial charge is 0.494 e. The Morgan fingerprint density at radius 2 is 1.85 bits per heavy atom. The third-order valence-corrected chi connectivity index (χ3v) is 5.36. The van der Waals surface area contributed by atoms with Gasteiger partial charge in [-0.2, -0.15) is 0 Å². The molecular weight excluding hydrogens is 358 g/mol. The van der Waals surface area contributed by atoms with Gasteiger partial charge >= 0.3 is 0 Å². The van der Waals surface area contributed by atoms with Crippen molar-refractivity contribution >= 4 is 29.3 Å². The van der Waals surface area contributed by atoms with Crippen LogP contribution in [0, 0.1) is 5.41 Å². The molecule has 0 spiro atoms. The van der Waals surface area contributed by atoms with Crippen LogP contribution in [0.25, 0.3) is 12.2 Å². The van der Waals surface area contributed by atoms with Gasteiger partial charge in [-0.3, -0.25) is 9.59 Å². The minimum Gasteiger partial charge on any atom is -0.494 e. The molecular formula is C22H29NO3S. The number of carbonyl (C=O) groups is 1. The van der Waals surface area contributed by atoms with E-state index in [0.717, 1.165) is 24.3 Å². The standard InChI is InChI=1S/C22H29NO3S/c1-6-7-8-13-26-17-11-9-16(10-12-17)14-18-21(25)23(5)20(27-18)15-19(24)22(2,3)4/h9-12,14-15H,6-8,13H2,1-5H3/b18-14-,20-15-. The molecule has 0 atom stereocenters. The van der Waals surface area contributed by atoms with Crippen LogP contribution >= 0.6 is 11.3 Å². The molecule has 4 nitrogen and oxygen atoms in total. The predicted octanol–water partition coefficient (Wildman–Crippen LogP) is 3.24. The SMILES string of the molecule is CCCCCOc1ccc(/C=c2\s/c(=C\C(=O)C(C)(C)C)n(C)c2=O)cc1. The molecule has 0 aliphatic rings. The molecule has 5 heteroatoms. The normalized spacial score (nSPS) is 13.2. The molecule has 0 radical (unpaired) electrons. The molecule has 0 saturated heterocycles. The lowest BCUT2D eigenvalue weighted by Crippen LogP contribution is -2.30. The van der Waals surface area contributed by atoms with Gasteiger partial charge in [0, 0.05) is 18.5 Å². The number of rotatable bonds is 7. The summed E-state index contributed by atoms with van der Waals surface area (Å²) in [4.78, 5) is 24.7. The lowest BCUT2D eigenvalue weighted by molar-refractivity contribution is -0.120. The van der Waals surface area contributed by atoms with Crippen LogP contribution in [-0.2, 0) is 11.8 Å². The maximum Gasteiger partial charge on any atom is 0.268 e. The quantitative estimate of drug-likeness (QED) is 0.685. The van der Waals surface area contributed by atoms with Gasteiger partial charge in [0.15, 0.2) is 5.78 Å². The highest BCUT2D eigenvalue weighted by molar-refractivity contribution is 7.07. The van der Waals surface area contributed by atoms with Crippen molar-refractivity contribution in [2.45, 2.75) is 47.0 Å². The summed E-state index contributed by atoms with van der Waals surface area (Å²) >= 11 is 1.34. The number of unbranched alkanes of at least 4 members (excludes halogenated alkanes) is 2. The van der Waals surface area contributed by atoms with Crippen molar-refractivity contribution in [2.75, 3.05) is 6.61 Å². The average Bonchev–Trinajstić information content (AvgIpc) is 2.87. The molecule has 0 N–H and O–H groups in total.